The van der Waals surface area contributed by atoms with Gasteiger partial charge in [-0.05, 0) is 58.9 Å². The number of nitrogens with zero attached hydrogens (tertiary/aromatic N) is 2. The topological polar surface area (TPSA) is 15.6 Å². The van der Waals surface area contributed by atoms with Crippen molar-refractivity contribution in [2.45, 2.75) is 45.7 Å². The van der Waals surface area contributed by atoms with Gasteiger partial charge in [-0.25, -0.2) is 0 Å². The van der Waals surface area contributed by atoms with Crippen LogP contribution in [0.25, 0.3) is 0 Å². The summed E-state index contributed by atoms with van der Waals surface area (Å²) in [6.07, 6.45) is 0. The van der Waals surface area contributed by atoms with Gasteiger partial charge in [-0.3, -0.25) is 4.99 Å². The lowest BCUT2D eigenvalue weighted by Crippen LogP contribution is -2.52. The molecule has 1 aromatic rings. The number of rotatable bonds is 1. The van der Waals surface area contributed by atoms with E-state index in [0.717, 1.165) is 10.3 Å². The van der Waals surface area contributed by atoms with E-state index in [4.69, 9.17) is 4.99 Å². The number of halogens is 1. The Hall–Kier alpha value is -0.830. The molecule has 0 aromatic heterocycles. The first kappa shape index (κ1) is 12.6. The minimum absolute atomic E-state index is 0.00902. The second-order valence-corrected chi connectivity index (χ2v) is 6.50. The van der Waals surface area contributed by atoms with Crippen molar-refractivity contribution in [2.75, 3.05) is 4.90 Å². The molecule has 0 radical (unpaired) electrons. The van der Waals surface area contributed by atoms with Crippen molar-refractivity contribution in [3.63, 3.8) is 0 Å². The van der Waals surface area contributed by atoms with Crippen LogP contribution >= 0.6 is 15.9 Å². The maximum atomic E-state index is 4.78. The van der Waals surface area contributed by atoms with Crippen molar-refractivity contribution in [3.05, 3.63) is 28.7 Å². The van der Waals surface area contributed by atoms with Crippen LogP contribution in [0.15, 0.2) is 33.7 Å². The van der Waals surface area contributed by atoms with E-state index in [9.17, 15) is 0 Å². The van der Waals surface area contributed by atoms with Crippen LogP contribution in [0.2, 0.25) is 0 Å². The fourth-order valence-corrected chi connectivity index (χ4v) is 2.63. The van der Waals surface area contributed by atoms with Crippen LogP contribution in [0.3, 0.4) is 0 Å². The molecule has 1 aromatic carbocycles. The van der Waals surface area contributed by atoms with Gasteiger partial charge in [0.1, 0.15) is 5.84 Å². The molecule has 0 bridgehead atoms. The number of anilines is 1. The van der Waals surface area contributed by atoms with Gasteiger partial charge in [0.15, 0.2) is 0 Å². The standard InChI is InChI=1S/C14H19BrN2/c1-10-16-13(2,3)14(4,5)17(10)12-8-6-11(15)7-9-12/h6-9H,1-5H3. The normalized spacial score (nSPS) is 21.5. The summed E-state index contributed by atoms with van der Waals surface area (Å²) in [6, 6.07) is 8.41. The highest BCUT2D eigenvalue weighted by Crippen LogP contribution is 2.40. The van der Waals surface area contributed by atoms with E-state index in [1.54, 1.807) is 0 Å². The van der Waals surface area contributed by atoms with Crippen LogP contribution in [0, 0.1) is 0 Å². The Morgan fingerprint density at radius 2 is 1.59 bits per heavy atom. The SMILES string of the molecule is CC1=NC(C)(C)C(C)(C)N1c1ccc(Br)cc1. The van der Waals surface area contributed by atoms with Crippen molar-refractivity contribution < 1.29 is 0 Å². The Balaban J connectivity index is 2.46. The van der Waals surface area contributed by atoms with Crippen LogP contribution in [0.4, 0.5) is 5.69 Å². The Morgan fingerprint density at radius 3 is 2.00 bits per heavy atom. The Bertz CT molecular complexity index is 458. The summed E-state index contributed by atoms with van der Waals surface area (Å²) in [7, 11) is 0. The molecular formula is C14H19BrN2. The van der Waals surface area contributed by atoms with E-state index in [2.05, 4.69) is 79.7 Å². The maximum absolute atomic E-state index is 4.78. The predicted molar refractivity (Wildman–Crippen MR) is 77.9 cm³/mol. The van der Waals surface area contributed by atoms with Gasteiger partial charge in [0.25, 0.3) is 0 Å². The van der Waals surface area contributed by atoms with Crippen LogP contribution in [0.1, 0.15) is 34.6 Å². The Labute approximate surface area is 112 Å². The predicted octanol–water partition coefficient (Wildman–Crippen LogP) is 4.24. The van der Waals surface area contributed by atoms with E-state index in [0.29, 0.717) is 0 Å². The molecule has 1 aliphatic rings. The fourth-order valence-electron chi connectivity index (χ4n) is 2.37. The zero-order chi connectivity index (χ0) is 12.8. The monoisotopic (exact) mass is 294 g/mol. The Kier molecular flexibility index (Phi) is 2.85. The van der Waals surface area contributed by atoms with Gasteiger partial charge in [-0.2, -0.15) is 0 Å². The summed E-state index contributed by atoms with van der Waals surface area (Å²) in [4.78, 5) is 7.10. The summed E-state index contributed by atoms with van der Waals surface area (Å²) in [6.45, 7) is 11.0. The molecule has 0 saturated carbocycles. The smallest absolute Gasteiger partial charge is 0.102 e. The largest absolute Gasteiger partial charge is 0.322 e. The second-order valence-electron chi connectivity index (χ2n) is 5.59. The van der Waals surface area contributed by atoms with Gasteiger partial charge in [0.2, 0.25) is 0 Å². The third kappa shape index (κ3) is 1.90. The van der Waals surface area contributed by atoms with Gasteiger partial charge in [0.05, 0.1) is 11.1 Å². The summed E-state index contributed by atoms with van der Waals surface area (Å²) in [5.74, 6) is 1.09. The van der Waals surface area contributed by atoms with Crippen molar-refractivity contribution in [2.24, 2.45) is 4.99 Å². The highest BCUT2D eigenvalue weighted by Gasteiger charge is 2.47. The van der Waals surface area contributed by atoms with E-state index in [1.165, 1.54) is 5.69 Å². The molecule has 2 nitrogen and oxygen atoms in total. The van der Waals surface area contributed by atoms with E-state index in [-0.39, 0.29) is 11.1 Å². The summed E-state index contributed by atoms with van der Waals surface area (Å²) < 4.78 is 1.10. The molecule has 0 N–H and O–H groups in total. The molecule has 0 atom stereocenters. The second kappa shape index (κ2) is 3.84. The number of benzene rings is 1. The molecule has 3 heteroatoms. The lowest BCUT2D eigenvalue weighted by Gasteiger charge is -2.41. The minimum Gasteiger partial charge on any atom is -0.322 e. The van der Waals surface area contributed by atoms with Gasteiger partial charge in [0, 0.05) is 10.2 Å². The Morgan fingerprint density at radius 1 is 1.06 bits per heavy atom. The first-order valence-electron chi connectivity index (χ1n) is 5.88. The number of hydrogen-bond acceptors (Lipinski definition) is 2. The first-order chi connectivity index (χ1) is 7.75. The van der Waals surface area contributed by atoms with Crippen molar-refractivity contribution in [1.29, 1.82) is 0 Å². The van der Waals surface area contributed by atoms with Crippen molar-refractivity contribution in [3.8, 4) is 0 Å². The molecule has 92 valence electrons. The molecular weight excluding hydrogens is 276 g/mol. The fraction of sp³-hybridized carbons (Fsp3) is 0.500. The number of hydrogen-bond donors (Lipinski definition) is 0. The average Bonchev–Trinajstić information content (AvgIpc) is 2.34. The molecule has 0 unspecified atom stereocenters. The molecule has 2 rings (SSSR count). The number of aliphatic imine (C=N–C) groups is 1. The van der Waals surface area contributed by atoms with E-state index < -0.39 is 0 Å². The molecule has 0 aliphatic carbocycles. The molecule has 0 saturated heterocycles. The molecule has 0 amide bonds. The van der Waals surface area contributed by atoms with Gasteiger partial charge >= 0.3 is 0 Å². The van der Waals surface area contributed by atoms with E-state index in [1.807, 2.05) is 0 Å². The lowest BCUT2D eigenvalue weighted by molar-refractivity contribution is 0.338. The third-order valence-corrected chi connectivity index (χ3v) is 4.43. The maximum Gasteiger partial charge on any atom is 0.102 e. The van der Waals surface area contributed by atoms with E-state index >= 15 is 0 Å². The molecule has 1 heterocycles. The zero-order valence-electron chi connectivity index (χ0n) is 11.1. The summed E-state index contributed by atoms with van der Waals surface area (Å²) in [5, 5.41) is 0. The summed E-state index contributed by atoms with van der Waals surface area (Å²) in [5.41, 5.74) is 1.12. The molecule has 0 spiro atoms. The third-order valence-electron chi connectivity index (χ3n) is 3.91. The highest BCUT2D eigenvalue weighted by molar-refractivity contribution is 9.10. The van der Waals surface area contributed by atoms with Crippen molar-refractivity contribution >= 4 is 27.5 Å². The van der Waals surface area contributed by atoms with Gasteiger partial charge in [-0.15, -0.1) is 0 Å². The van der Waals surface area contributed by atoms with Crippen LogP contribution in [-0.2, 0) is 0 Å². The van der Waals surface area contributed by atoms with Gasteiger partial charge < -0.3 is 4.90 Å². The molecule has 17 heavy (non-hydrogen) atoms. The molecule has 0 fully saturated rings. The zero-order valence-corrected chi connectivity index (χ0v) is 12.7. The van der Waals surface area contributed by atoms with Crippen LogP contribution < -0.4 is 4.90 Å². The van der Waals surface area contributed by atoms with Crippen LogP contribution in [-0.4, -0.2) is 16.9 Å². The highest BCUT2D eigenvalue weighted by atomic mass is 79.9. The molecule has 1 aliphatic heterocycles. The lowest BCUT2D eigenvalue weighted by atomic mass is 9.83. The first-order valence-corrected chi connectivity index (χ1v) is 6.67. The van der Waals surface area contributed by atoms with Gasteiger partial charge in [-0.1, -0.05) is 15.9 Å². The average molecular weight is 295 g/mol. The quantitative estimate of drug-likeness (QED) is 0.756. The summed E-state index contributed by atoms with van der Waals surface area (Å²) >= 11 is 3.47. The van der Waals surface area contributed by atoms with Crippen LogP contribution in [0.5, 0.6) is 0 Å². The van der Waals surface area contributed by atoms with Crippen molar-refractivity contribution in [1.82, 2.24) is 0 Å². The number of amidine groups is 1. The minimum atomic E-state index is -0.0653.